The van der Waals surface area contributed by atoms with Crippen LogP contribution in [0.2, 0.25) is 0 Å². The summed E-state index contributed by atoms with van der Waals surface area (Å²) in [5, 5.41) is 8.01. The average Bonchev–Trinajstić information content (AvgIpc) is 3.23. The van der Waals surface area contributed by atoms with E-state index in [1.807, 2.05) is 6.92 Å². The molecule has 0 saturated heterocycles. The van der Waals surface area contributed by atoms with Crippen LogP contribution in [-0.2, 0) is 6.54 Å². The van der Waals surface area contributed by atoms with Gasteiger partial charge in [0.15, 0.2) is 5.96 Å². The Morgan fingerprint density at radius 1 is 1.32 bits per heavy atom. The Morgan fingerprint density at radius 3 is 2.64 bits per heavy atom. The summed E-state index contributed by atoms with van der Waals surface area (Å²) in [6.07, 6.45) is 1.16. The van der Waals surface area contributed by atoms with E-state index in [9.17, 15) is 0 Å². The van der Waals surface area contributed by atoms with Crippen LogP contribution >= 0.6 is 51.2 Å². The third-order valence-electron chi connectivity index (χ3n) is 4.14. The van der Waals surface area contributed by atoms with Crippen LogP contribution in [0.15, 0.2) is 33.7 Å². The number of benzene rings is 1. The summed E-state index contributed by atoms with van der Waals surface area (Å²) in [6, 6.07) is 9.08. The molecule has 3 rings (SSSR count). The van der Waals surface area contributed by atoms with E-state index in [1.54, 1.807) is 11.3 Å². The number of hydrogen-bond donors (Lipinski definition) is 2. The SMILES string of the molecule is CCNC(=NCc1sc(C)nc1C)NC1CC1c1ccc(Br)cc1.I. The first kappa shape index (κ1) is 20.6. The molecule has 2 N–H and O–H groups in total. The van der Waals surface area contributed by atoms with Gasteiger partial charge in [0, 0.05) is 27.9 Å². The summed E-state index contributed by atoms with van der Waals surface area (Å²) in [6.45, 7) is 7.74. The maximum absolute atomic E-state index is 4.74. The molecule has 2 unspecified atom stereocenters. The summed E-state index contributed by atoms with van der Waals surface area (Å²) in [5.41, 5.74) is 2.48. The molecule has 1 aliphatic carbocycles. The molecule has 0 bridgehead atoms. The molecule has 0 amide bonds. The van der Waals surface area contributed by atoms with Gasteiger partial charge in [0.2, 0.25) is 0 Å². The van der Waals surface area contributed by atoms with Gasteiger partial charge in [-0.25, -0.2) is 9.98 Å². The highest BCUT2D eigenvalue weighted by molar-refractivity contribution is 14.0. The van der Waals surface area contributed by atoms with E-state index in [0.717, 1.165) is 34.1 Å². The molecule has 1 aromatic heterocycles. The Balaban J connectivity index is 0.00000225. The highest BCUT2D eigenvalue weighted by atomic mass is 127. The van der Waals surface area contributed by atoms with Gasteiger partial charge in [0.05, 0.1) is 17.2 Å². The van der Waals surface area contributed by atoms with Gasteiger partial charge in [-0.1, -0.05) is 28.1 Å². The zero-order valence-electron chi connectivity index (χ0n) is 14.7. The van der Waals surface area contributed by atoms with Crippen molar-refractivity contribution in [3.8, 4) is 0 Å². The van der Waals surface area contributed by atoms with Crippen LogP contribution < -0.4 is 10.6 Å². The lowest BCUT2D eigenvalue weighted by Crippen LogP contribution is -2.39. The van der Waals surface area contributed by atoms with Gasteiger partial charge in [0.1, 0.15) is 0 Å². The van der Waals surface area contributed by atoms with Crippen LogP contribution in [0.3, 0.4) is 0 Å². The van der Waals surface area contributed by atoms with Crippen molar-refractivity contribution in [1.82, 2.24) is 15.6 Å². The Labute approximate surface area is 179 Å². The quantitative estimate of drug-likeness (QED) is 0.330. The molecule has 2 atom stereocenters. The maximum atomic E-state index is 4.74. The highest BCUT2D eigenvalue weighted by Gasteiger charge is 2.38. The minimum absolute atomic E-state index is 0. The van der Waals surface area contributed by atoms with Crippen LogP contribution in [0.4, 0.5) is 0 Å². The molecule has 7 heteroatoms. The van der Waals surface area contributed by atoms with Crippen LogP contribution in [0.1, 0.15) is 40.4 Å². The fourth-order valence-electron chi connectivity index (χ4n) is 2.80. The first-order valence-corrected chi connectivity index (χ1v) is 9.91. The average molecular weight is 535 g/mol. The lowest BCUT2D eigenvalue weighted by Gasteiger charge is -2.11. The van der Waals surface area contributed by atoms with Gasteiger partial charge in [-0.05, 0) is 44.9 Å². The first-order valence-electron chi connectivity index (χ1n) is 8.30. The lowest BCUT2D eigenvalue weighted by atomic mass is 10.1. The highest BCUT2D eigenvalue weighted by Crippen LogP contribution is 2.41. The van der Waals surface area contributed by atoms with E-state index in [2.05, 4.69) is 69.7 Å². The predicted molar refractivity (Wildman–Crippen MR) is 120 cm³/mol. The molecule has 4 nitrogen and oxygen atoms in total. The fourth-order valence-corrected chi connectivity index (χ4v) is 3.93. The number of aliphatic imine (C=N–C) groups is 1. The van der Waals surface area contributed by atoms with Crippen molar-refractivity contribution in [3.63, 3.8) is 0 Å². The van der Waals surface area contributed by atoms with E-state index >= 15 is 0 Å². The summed E-state index contributed by atoms with van der Waals surface area (Å²) in [7, 11) is 0. The first-order chi connectivity index (χ1) is 11.6. The third-order valence-corrected chi connectivity index (χ3v) is 5.72. The number of rotatable bonds is 5. The number of thiazole rings is 1. The predicted octanol–water partition coefficient (Wildman–Crippen LogP) is 4.75. The van der Waals surface area contributed by atoms with Crippen molar-refractivity contribution in [3.05, 3.63) is 49.9 Å². The second-order valence-electron chi connectivity index (χ2n) is 6.08. The molecule has 1 saturated carbocycles. The fraction of sp³-hybridized carbons (Fsp3) is 0.444. The molecule has 1 fully saturated rings. The molecule has 0 aliphatic heterocycles. The molecular weight excluding hydrogens is 511 g/mol. The molecule has 1 aromatic carbocycles. The molecule has 2 aromatic rings. The van der Waals surface area contributed by atoms with Gasteiger partial charge in [0.25, 0.3) is 0 Å². The number of halogens is 2. The second kappa shape index (κ2) is 9.32. The summed E-state index contributed by atoms with van der Waals surface area (Å²) < 4.78 is 1.13. The molecule has 0 radical (unpaired) electrons. The Hall–Kier alpha value is -0.670. The van der Waals surface area contributed by atoms with Crippen LogP contribution in [0.25, 0.3) is 0 Å². The summed E-state index contributed by atoms with van der Waals surface area (Å²) >= 11 is 5.22. The van der Waals surface area contributed by atoms with Crippen LogP contribution in [0.5, 0.6) is 0 Å². The van der Waals surface area contributed by atoms with Crippen molar-refractivity contribution in [2.75, 3.05) is 6.54 Å². The van der Waals surface area contributed by atoms with Gasteiger partial charge in [-0.3, -0.25) is 0 Å². The summed E-state index contributed by atoms with van der Waals surface area (Å²) in [5.74, 6) is 1.47. The van der Waals surface area contributed by atoms with Crippen molar-refractivity contribution < 1.29 is 0 Å². The smallest absolute Gasteiger partial charge is 0.191 e. The van der Waals surface area contributed by atoms with Crippen molar-refractivity contribution in [2.24, 2.45) is 4.99 Å². The van der Waals surface area contributed by atoms with Gasteiger partial charge < -0.3 is 10.6 Å². The molecule has 1 heterocycles. The van der Waals surface area contributed by atoms with Crippen LogP contribution in [0, 0.1) is 13.8 Å². The molecule has 25 heavy (non-hydrogen) atoms. The minimum Gasteiger partial charge on any atom is -0.357 e. The summed E-state index contributed by atoms with van der Waals surface area (Å²) in [4.78, 5) is 10.5. The van der Waals surface area contributed by atoms with E-state index in [0.29, 0.717) is 18.5 Å². The Bertz CT molecular complexity index is 729. The number of nitrogens with one attached hydrogen (secondary N) is 2. The van der Waals surface area contributed by atoms with E-state index in [4.69, 9.17) is 4.99 Å². The zero-order valence-corrected chi connectivity index (χ0v) is 19.4. The van der Waals surface area contributed by atoms with Gasteiger partial charge in [-0.15, -0.1) is 35.3 Å². The molecule has 1 aliphatic rings. The lowest BCUT2D eigenvalue weighted by molar-refractivity contribution is 0.795. The number of aryl methyl sites for hydroxylation is 2. The largest absolute Gasteiger partial charge is 0.357 e. The van der Waals surface area contributed by atoms with E-state index in [1.165, 1.54) is 10.4 Å². The molecular formula is C18H24BrIN4S. The third kappa shape index (κ3) is 5.65. The number of nitrogens with zero attached hydrogens (tertiary/aromatic N) is 2. The number of hydrogen-bond acceptors (Lipinski definition) is 3. The number of guanidine groups is 1. The minimum atomic E-state index is 0. The van der Waals surface area contributed by atoms with E-state index in [-0.39, 0.29) is 24.0 Å². The molecule has 0 spiro atoms. The Morgan fingerprint density at radius 2 is 2.04 bits per heavy atom. The van der Waals surface area contributed by atoms with Gasteiger partial charge in [-0.2, -0.15) is 0 Å². The Kier molecular flexibility index (Phi) is 7.69. The topological polar surface area (TPSA) is 49.3 Å². The number of aromatic nitrogens is 1. The standard InChI is InChI=1S/C18H23BrN4S.HI/c1-4-20-18(21-10-17-11(2)22-12(3)24-17)23-16-9-15(16)13-5-7-14(19)8-6-13;/h5-8,15-16H,4,9-10H2,1-3H3,(H2,20,21,23);1H. The zero-order chi connectivity index (χ0) is 17.1. The monoisotopic (exact) mass is 534 g/mol. The van der Waals surface area contributed by atoms with Gasteiger partial charge >= 0.3 is 0 Å². The molecule has 136 valence electrons. The van der Waals surface area contributed by atoms with Crippen molar-refractivity contribution in [1.29, 1.82) is 0 Å². The van der Waals surface area contributed by atoms with Crippen molar-refractivity contribution >= 4 is 57.2 Å². The van der Waals surface area contributed by atoms with Crippen LogP contribution in [-0.4, -0.2) is 23.5 Å². The maximum Gasteiger partial charge on any atom is 0.191 e. The second-order valence-corrected chi connectivity index (χ2v) is 8.28. The normalized spacial score (nSPS) is 19.3. The van der Waals surface area contributed by atoms with Crippen molar-refractivity contribution in [2.45, 2.75) is 45.7 Å². The van der Waals surface area contributed by atoms with E-state index < -0.39 is 0 Å².